The van der Waals surface area contributed by atoms with E-state index in [4.69, 9.17) is 10.00 Å². The van der Waals surface area contributed by atoms with Crippen molar-refractivity contribution < 1.29 is 4.74 Å². The van der Waals surface area contributed by atoms with Crippen LogP contribution in [0.2, 0.25) is 0 Å². The highest BCUT2D eigenvalue weighted by atomic mass is 32.2. The van der Waals surface area contributed by atoms with E-state index in [9.17, 15) is 0 Å². The van der Waals surface area contributed by atoms with Gasteiger partial charge in [-0.1, -0.05) is 23.9 Å². The van der Waals surface area contributed by atoms with Crippen molar-refractivity contribution in [1.29, 1.82) is 5.26 Å². The van der Waals surface area contributed by atoms with E-state index in [0.717, 1.165) is 23.9 Å². The van der Waals surface area contributed by atoms with Crippen molar-refractivity contribution in [1.82, 2.24) is 13.6 Å². The minimum Gasteiger partial charge on any atom is -0.470 e. The molecule has 118 valence electrons. The minimum atomic E-state index is 0.266. The number of aromatic nitrogens is 2. The summed E-state index contributed by atoms with van der Waals surface area (Å²) in [5, 5.41) is 9.71. The molecule has 0 radical (unpaired) electrons. The van der Waals surface area contributed by atoms with Crippen molar-refractivity contribution in [3.8, 4) is 11.9 Å². The zero-order valence-electron chi connectivity index (χ0n) is 12.5. The summed E-state index contributed by atoms with van der Waals surface area (Å²) in [5.74, 6) is 2.13. The maximum absolute atomic E-state index is 8.83. The summed E-state index contributed by atoms with van der Waals surface area (Å²) >= 11 is 2.85. The fourth-order valence-corrected chi connectivity index (χ4v) is 4.65. The Bertz CT molecular complexity index is 724. The third-order valence-electron chi connectivity index (χ3n) is 4.42. The lowest BCUT2D eigenvalue weighted by Gasteiger charge is -2.22. The number of nitriles is 1. The van der Waals surface area contributed by atoms with Gasteiger partial charge in [0.05, 0.1) is 23.4 Å². The van der Waals surface area contributed by atoms with E-state index in [1.54, 1.807) is 11.8 Å². The fourth-order valence-electron chi connectivity index (χ4n) is 3.17. The summed E-state index contributed by atoms with van der Waals surface area (Å²) < 4.78 is 14.8. The molecule has 0 N–H and O–H groups in total. The van der Waals surface area contributed by atoms with Crippen molar-refractivity contribution in [3.63, 3.8) is 0 Å². The van der Waals surface area contributed by atoms with Gasteiger partial charge in [0.2, 0.25) is 0 Å². The predicted octanol–water partition coefficient (Wildman–Crippen LogP) is 2.78. The second-order valence-electron chi connectivity index (χ2n) is 5.94. The van der Waals surface area contributed by atoms with Gasteiger partial charge in [0, 0.05) is 24.8 Å². The van der Waals surface area contributed by atoms with E-state index < -0.39 is 0 Å². The normalized spacial score (nSPS) is 25.4. The summed E-state index contributed by atoms with van der Waals surface area (Å²) in [6, 6.07) is 9.78. The van der Waals surface area contributed by atoms with Crippen molar-refractivity contribution >= 4 is 23.5 Å². The summed E-state index contributed by atoms with van der Waals surface area (Å²) in [7, 11) is 0. The molecule has 2 aromatic rings. The van der Waals surface area contributed by atoms with Gasteiger partial charge in [-0.05, 0) is 30.7 Å². The number of hydrogen-bond acceptors (Lipinski definition) is 7. The van der Waals surface area contributed by atoms with Crippen LogP contribution >= 0.6 is 23.5 Å². The summed E-state index contributed by atoms with van der Waals surface area (Å²) in [5.41, 5.74) is 1.85. The van der Waals surface area contributed by atoms with E-state index in [2.05, 4.69) is 19.7 Å². The second-order valence-corrected chi connectivity index (χ2v) is 7.43. The first-order valence-corrected chi connectivity index (χ1v) is 9.37. The number of thioether (sulfide) groups is 1. The van der Waals surface area contributed by atoms with Gasteiger partial charge in [-0.15, -0.1) is 4.37 Å². The van der Waals surface area contributed by atoms with Gasteiger partial charge >= 0.3 is 0 Å². The molecule has 7 heteroatoms. The molecule has 3 unspecified atom stereocenters. The maximum atomic E-state index is 8.83. The standard InChI is InChI=1S/C16H16N4OS2/c17-7-11-1-3-12(4-2-11)10-22-16-15(18-23-19-16)21-14-9-20-6-5-13(14)8-20/h1-4,13-14H,5-6,8-10H2. The third kappa shape index (κ3) is 3.20. The number of benzene rings is 1. The van der Waals surface area contributed by atoms with Gasteiger partial charge in [-0.2, -0.15) is 9.64 Å². The van der Waals surface area contributed by atoms with Crippen molar-refractivity contribution in [2.45, 2.75) is 23.3 Å². The molecule has 0 spiro atoms. The largest absolute Gasteiger partial charge is 0.470 e. The van der Waals surface area contributed by atoms with E-state index in [1.807, 2.05) is 24.3 Å². The Kier molecular flexibility index (Phi) is 4.21. The molecule has 0 saturated carbocycles. The summed E-state index contributed by atoms with van der Waals surface area (Å²) in [6.45, 7) is 3.39. The van der Waals surface area contributed by atoms with Crippen LogP contribution in [-0.2, 0) is 5.75 Å². The third-order valence-corrected chi connectivity index (χ3v) is 6.07. The molecule has 2 aliphatic rings. The van der Waals surface area contributed by atoms with Crippen LogP contribution in [0.3, 0.4) is 0 Å². The molecule has 3 heterocycles. The average Bonchev–Trinajstić information content (AvgIpc) is 3.31. The van der Waals surface area contributed by atoms with Gasteiger partial charge in [0.15, 0.2) is 5.03 Å². The van der Waals surface area contributed by atoms with Gasteiger partial charge in [-0.25, -0.2) is 0 Å². The van der Waals surface area contributed by atoms with Crippen LogP contribution in [0.15, 0.2) is 29.3 Å². The van der Waals surface area contributed by atoms with E-state index in [0.29, 0.717) is 17.4 Å². The highest BCUT2D eigenvalue weighted by Gasteiger charge is 2.40. The Hall–Kier alpha value is -1.62. The molecule has 0 aliphatic carbocycles. The topological polar surface area (TPSA) is 62.0 Å². The summed E-state index contributed by atoms with van der Waals surface area (Å²) in [4.78, 5) is 2.46. The Morgan fingerprint density at radius 2 is 2.17 bits per heavy atom. The molecule has 3 atom stereocenters. The molecule has 2 saturated heterocycles. The Morgan fingerprint density at radius 3 is 2.87 bits per heavy atom. The van der Waals surface area contributed by atoms with Crippen LogP contribution in [0, 0.1) is 17.2 Å². The number of piperidine rings is 1. The lowest BCUT2D eigenvalue weighted by Crippen LogP contribution is -2.32. The molecule has 2 bridgehead atoms. The first-order valence-electron chi connectivity index (χ1n) is 7.65. The molecular weight excluding hydrogens is 328 g/mol. The number of nitrogens with zero attached hydrogens (tertiary/aromatic N) is 4. The van der Waals surface area contributed by atoms with E-state index in [1.165, 1.54) is 30.3 Å². The highest BCUT2D eigenvalue weighted by Crippen LogP contribution is 2.35. The van der Waals surface area contributed by atoms with E-state index >= 15 is 0 Å². The van der Waals surface area contributed by atoms with Crippen LogP contribution in [0.25, 0.3) is 0 Å². The molecule has 1 aromatic heterocycles. The molecule has 2 aliphatic heterocycles. The Morgan fingerprint density at radius 1 is 1.30 bits per heavy atom. The average molecular weight is 344 g/mol. The molecule has 2 fully saturated rings. The smallest absolute Gasteiger partial charge is 0.260 e. The SMILES string of the molecule is N#Cc1ccc(CSc2nsnc2OC2CN3CCC2C3)cc1. The van der Waals surface area contributed by atoms with E-state index in [-0.39, 0.29) is 6.10 Å². The lowest BCUT2D eigenvalue weighted by atomic mass is 10.0. The predicted molar refractivity (Wildman–Crippen MR) is 89.6 cm³/mol. The number of rotatable bonds is 5. The Labute approximate surface area is 143 Å². The molecular formula is C16H16N4OS2. The van der Waals surface area contributed by atoms with Gasteiger partial charge in [-0.3, -0.25) is 4.90 Å². The van der Waals surface area contributed by atoms with Crippen molar-refractivity contribution in [2.24, 2.45) is 5.92 Å². The van der Waals surface area contributed by atoms with Gasteiger partial charge in [0.25, 0.3) is 5.88 Å². The van der Waals surface area contributed by atoms with Gasteiger partial charge < -0.3 is 4.74 Å². The number of ether oxygens (including phenoxy) is 1. The molecule has 0 amide bonds. The zero-order valence-corrected chi connectivity index (χ0v) is 14.1. The minimum absolute atomic E-state index is 0.266. The fraction of sp³-hybridized carbons (Fsp3) is 0.438. The molecule has 5 nitrogen and oxygen atoms in total. The van der Waals surface area contributed by atoms with Crippen LogP contribution < -0.4 is 4.74 Å². The van der Waals surface area contributed by atoms with Crippen molar-refractivity contribution in [3.05, 3.63) is 35.4 Å². The zero-order chi connectivity index (χ0) is 15.6. The first-order chi connectivity index (χ1) is 11.3. The number of hydrogen-bond donors (Lipinski definition) is 0. The monoisotopic (exact) mass is 344 g/mol. The van der Waals surface area contributed by atoms with Crippen LogP contribution in [0.1, 0.15) is 17.5 Å². The summed E-state index contributed by atoms with van der Waals surface area (Å²) in [6.07, 6.45) is 1.50. The van der Waals surface area contributed by atoms with Crippen LogP contribution in [0.4, 0.5) is 0 Å². The molecule has 4 rings (SSSR count). The molecule has 23 heavy (non-hydrogen) atoms. The quantitative estimate of drug-likeness (QED) is 0.777. The van der Waals surface area contributed by atoms with Gasteiger partial charge in [0.1, 0.15) is 6.10 Å². The second kappa shape index (κ2) is 6.48. The molecule has 1 aromatic carbocycles. The van der Waals surface area contributed by atoms with Crippen molar-refractivity contribution in [2.75, 3.05) is 19.6 Å². The highest BCUT2D eigenvalue weighted by molar-refractivity contribution is 7.98. The van der Waals surface area contributed by atoms with Crippen LogP contribution in [0.5, 0.6) is 5.88 Å². The number of fused-ring (bicyclic) bond motifs is 2. The maximum Gasteiger partial charge on any atom is 0.260 e. The Balaban J connectivity index is 1.38. The van der Waals surface area contributed by atoms with Crippen LogP contribution in [-0.4, -0.2) is 39.4 Å². The first kappa shape index (κ1) is 14.9. The lowest BCUT2D eigenvalue weighted by molar-refractivity contribution is 0.133.